The van der Waals surface area contributed by atoms with Crippen LogP contribution >= 0.6 is 0 Å². The van der Waals surface area contributed by atoms with Gasteiger partial charge in [0.2, 0.25) is 0 Å². The van der Waals surface area contributed by atoms with Gasteiger partial charge in [-0.25, -0.2) is 0 Å². The van der Waals surface area contributed by atoms with E-state index >= 15 is 0 Å². The maximum absolute atomic E-state index is 12.3. The van der Waals surface area contributed by atoms with Gasteiger partial charge in [0.1, 0.15) is 0 Å². The summed E-state index contributed by atoms with van der Waals surface area (Å²) in [5.41, 5.74) is 0.225. The zero-order valence-electron chi connectivity index (χ0n) is 11.1. The topological polar surface area (TPSA) is 17.1 Å². The van der Waals surface area contributed by atoms with Crippen molar-refractivity contribution in [2.24, 2.45) is 5.92 Å². The monoisotopic (exact) mass is 260 g/mol. The predicted molar refractivity (Wildman–Crippen MR) is 66.7 cm³/mol. The van der Waals surface area contributed by atoms with Crippen LogP contribution in [-0.4, -0.2) is 12.0 Å². The minimum absolute atomic E-state index is 0.0497. The molecule has 0 bridgehead atoms. The quantitative estimate of drug-likeness (QED) is 0.722. The Hall–Kier alpha value is -1.32. The van der Waals surface area contributed by atoms with Crippen molar-refractivity contribution >= 4 is 5.78 Å². The van der Waals surface area contributed by atoms with E-state index in [9.17, 15) is 18.0 Å². The maximum atomic E-state index is 12.3. The number of carbonyl (C=O) groups is 1. The zero-order valence-corrected chi connectivity index (χ0v) is 11.1. The van der Waals surface area contributed by atoms with Crippen LogP contribution in [0.15, 0.2) is 24.3 Å². The molecule has 0 aromatic heterocycles. The summed E-state index contributed by atoms with van der Waals surface area (Å²) >= 11 is 0. The molecule has 18 heavy (non-hydrogen) atoms. The van der Waals surface area contributed by atoms with E-state index < -0.39 is 12.6 Å². The third-order valence-corrected chi connectivity index (χ3v) is 2.20. The van der Waals surface area contributed by atoms with Crippen molar-refractivity contribution in [3.05, 3.63) is 35.4 Å². The van der Waals surface area contributed by atoms with E-state index in [0.717, 1.165) is 0 Å². The molecule has 102 valence electrons. The Bertz CT molecular complexity index is 381. The van der Waals surface area contributed by atoms with Crippen LogP contribution in [0.3, 0.4) is 0 Å². The molecule has 0 spiro atoms. The second-order valence-electron chi connectivity index (χ2n) is 3.97. The molecular formula is C14H19F3O. The van der Waals surface area contributed by atoms with E-state index in [4.69, 9.17) is 0 Å². The SMILES string of the molecule is CC.CC(C)C(=O)c1ccccc1CC(F)(F)F. The van der Waals surface area contributed by atoms with Gasteiger partial charge in [-0.15, -0.1) is 0 Å². The highest BCUT2D eigenvalue weighted by Crippen LogP contribution is 2.24. The number of benzene rings is 1. The lowest BCUT2D eigenvalue weighted by molar-refractivity contribution is -0.127. The molecule has 4 heteroatoms. The lowest BCUT2D eigenvalue weighted by atomic mass is 9.95. The maximum Gasteiger partial charge on any atom is 0.393 e. The molecule has 0 radical (unpaired) electrons. The predicted octanol–water partition coefficient (Wildman–Crippen LogP) is 4.66. The second kappa shape index (κ2) is 7.19. The highest BCUT2D eigenvalue weighted by atomic mass is 19.4. The summed E-state index contributed by atoms with van der Waals surface area (Å²) in [7, 11) is 0. The molecule has 0 amide bonds. The fourth-order valence-electron chi connectivity index (χ4n) is 1.44. The fourth-order valence-corrected chi connectivity index (χ4v) is 1.44. The Morgan fingerprint density at radius 1 is 1.17 bits per heavy atom. The van der Waals surface area contributed by atoms with Crippen molar-refractivity contribution in [2.45, 2.75) is 40.3 Å². The van der Waals surface area contributed by atoms with Gasteiger partial charge >= 0.3 is 6.18 Å². The smallest absolute Gasteiger partial charge is 0.294 e. The van der Waals surface area contributed by atoms with Gasteiger partial charge in [-0.3, -0.25) is 4.79 Å². The number of Topliss-reactive ketones (excluding diaryl/α,β-unsaturated/α-hetero) is 1. The fraction of sp³-hybridized carbons (Fsp3) is 0.500. The Kier molecular flexibility index (Phi) is 6.66. The molecule has 0 aliphatic heterocycles. The van der Waals surface area contributed by atoms with E-state index in [-0.39, 0.29) is 22.8 Å². The number of halogens is 3. The summed E-state index contributed by atoms with van der Waals surface area (Å²) in [6, 6.07) is 5.89. The Morgan fingerprint density at radius 3 is 2.11 bits per heavy atom. The summed E-state index contributed by atoms with van der Waals surface area (Å²) in [6.07, 6.45) is -5.34. The van der Waals surface area contributed by atoms with Crippen molar-refractivity contribution in [3.63, 3.8) is 0 Å². The van der Waals surface area contributed by atoms with Gasteiger partial charge in [-0.2, -0.15) is 13.2 Å². The van der Waals surface area contributed by atoms with Gasteiger partial charge in [0, 0.05) is 11.5 Å². The third kappa shape index (κ3) is 5.34. The van der Waals surface area contributed by atoms with Crippen LogP contribution in [-0.2, 0) is 6.42 Å². The molecule has 0 aliphatic rings. The van der Waals surface area contributed by atoms with E-state index in [1.54, 1.807) is 19.9 Å². The molecule has 0 fully saturated rings. The van der Waals surface area contributed by atoms with Crippen molar-refractivity contribution < 1.29 is 18.0 Å². The first-order valence-corrected chi connectivity index (χ1v) is 6.00. The second-order valence-corrected chi connectivity index (χ2v) is 3.97. The summed E-state index contributed by atoms with van der Waals surface area (Å²) in [6.45, 7) is 7.35. The highest BCUT2D eigenvalue weighted by Gasteiger charge is 2.29. The first-order chi connectivity index (χ1) is 8.31. The molecular weight excluding hydrogens is 241 g/mol. The van der Waals surface area contributed by atoms with Gasteiger partial charge < -0.3 is 0 Å². The molecule has 0 saturated heterocycles. The van der Waals surface area contributed by atoms with Crippen LogP contribution in [0.2, 0.25) is 0 Å². The van der Waals surface area contributed by atoms with Crippen LogP contribution in [0.25, 0.3) is 0 Å². The molecule has 1 aromatic rings. The van der Waals surface area contributed by atoms with Gasteiger partial charge in [-0.05, 0) is 5.56 Å². The molecule has 1 rings (SSSR count). The van der Waals surface area contributed by atoms with Crippen LogP contribution < -0.4 is 0 Å². The van der Waals surface area contributed by atoms with E-state index in [2.05, 4.69) is 0 Å². The molecule has 1 aromatic carbocycles. The van der Waals surface area contributed by atoms with Crippen LogP contribution in [0, 0.1) is 5.92 Å². The lowest BCUT2D eigenvalue weighted by Gasteiger charge is -2.12. The van der Waals surface area contributed by atoms with Crippen molar-refractivity contribution in [2.75, 3.05) is 0 Å². The number of ketones is 1. The first kappa shape index (κ1) is 16.7. The van der Waals surface area contributed by atoms with E-state index in [0.29, 0.717) is 0 Å². The van der Waals surface area contributed by atoms with Crippen molar-refractivity contribution in [3.8, 4) is 0 Å². The standard InChI is InChI=1S/C12H13F3O.C2H6/c1-8(2)11(16)10-6-4-3-5-9(10)7-12(13,14)15;1-2/h3-6,8H,7H2,1-2H3;1-2H3. The van der Waals surface area contributed by atoms with Crippen LogP contribution in [0.5, 0.6) is 0 Å². The molecule has 1 nitrogen and oxygen atoms in total. The summed E-state index contributed by atoms with van der Waals surface area (Å²) in [5.74, 6) is -0.547. The lowest BCUT2D eigenvalue weighted by Crippen LogP contribution is -2.17. The highest BCUT2D eigenvalue weighted by molar-refractivity contribution is 5.98. The number of alkyl halides is 3. The minimum atomic E-state index is -4.28. The summed E-state index contributed by atoms with van der Waals surface area (Å²) in [5, 5.41) is 0. The molecule has 0 saturated carbocycles. The van der Waals surface area contributed by atoms with E-state index in [1.807, 2.05) is 13.8 Å². The average Bonchev–Trinajstić information content (AvgIpc) is 2.29. The van der Waals surface area contributed by atoms with Gasteiger partial charge in [0.05, 0.1) is 6.42 Å². The van der Waals surface area contributed by atoms with Crippen LogP contribution in [0.4, 0.5) is 13.2 Å². The van der Waals surface area contributed by atoms with Gasteiger partial charge in [0.15, 0.2) is 5.78 Å². The number of hydrogen-bond donors (Lipinski definition) is 0. The molecule has 0 aliphatic carbocycles. The normalized spacial score (nSPS) is 10.9. The Morgan fingerprint density at radius 2 is 1.67 bits per heavy atom. The number of rotatable bonds is 3. The number of hydrogen-bond acceptors (Lipinski definition) is 1. The molecule has 0 atom stereocenters. The van der Waals surface area contributed by atoms with Crippen molar-refractivity contribution in [1.82, 2.24) is 0 Å². The zero-order chi connectivity index (χ0) is 14.3. The largest absolute Gasteiger partial charge is 0.393 e. The molecule has 0 N–H and O–H groups in total. The van der Waals surface area contributed by atoms with Crippen molar-refractivity contribution in [1.29, 1.82) is 0 Å². The molecule has 0 heterocycles. The average molecular weight is 260 g/mol. The van der Waals surface area contributed by atoms with Crippen LogP contribution in [0.1, 0.15) is 43.6 Å². The molecule has 0 unspecified atom stereocenters. The number of carbonyl (C=O) groups excluding carboxylic acids is 1. The summed E-state index contributed by atoms with van der Waals surface area (Å²) < 4.78 is 36.8. The third-order valence-electron chi connectivity index (χ3n) is 2.20. The van der Waals surface area contributed by atoms with E-state index in [1.165, 1.54) is 18.2 Å². The minimum Gasteiger partial charge on any atom is -0.294 e. The Labute approximate surface area is 106 Å². The first-order valence-electron chi connectivity index (χ1n) is 6.00. The Balaban J connectivity index is 0.00000137. The summed E-state index contributed by atoms with van der Waals surface area (Å²) in [4.78, 5) is 11.7. The van der Waals surface area contributed by atoms with Gasteiger partial charge in [0.25, 0.3) is 0 Å². The van der Waals surface area contributed by atoms with Gasteiger partial charge in [-0.1, -0.05) is 52.0 Å².